The van der Waals surface area contributed by atoms with E-state index in [1.54, 1.807) is 14.2 Å². The van der Waals surface area contributed by atoms with Gasteiger partial charge in [-0.25, -0.2) is 0 Å². The molecule has 0 fully saturated rings. The fourth-order valence-electron chi connectivity index (χ4n) is 2.68. The van der Waals surface area contributed by atoms with Gasteiger partial charge in [-0.1, -0.05) is 24.3 Å². The van der Waals surface area contributed by atoms with Gasteiger partial charge >= 0.3 is 0 Å². The number of hydrogen-bond donors (Lipinski definition) is 1. The summed E-state index contributed by atoms with van der Waals surface area (Å²) in [5.74, 6) is 1.52. The summed E-state index contributed by atoms with van der Waals surface area (Å²) in [6, 6.07) is 15.5. The number of amides is 1. The minimum atomic E-state index is -0.0470. The molecule has 0 aliphatic carbocycles. The standard InChI is InChI=1S/C19H20N2O3/c1-23-16-8-6-14(7-9-16)12-20-18(22)13-21-11-10-15-4-3-5-17(24-2)19(15)21/h3-11H,12-13H2,1-2H3,(H,20,22). The van der Waals surface area contributed by atoms with E-state index in [0.29, 0.717) is 6.54 Å². The molecule has 0 aliphatic rings. The third-order valence-corrected chi connectivity index (χ3v) is 3.93. The number of para-hydroxylation sites is 1. The van der Waals surface area contributed by atoms with Gasteiger partial charge in [-0.05, 0) is 29.8 Å². The smallest absolute Gasteiger partial charge is 0.240 e. The Hall–Kier alpha value is -2.95. The number of nitrogens with one attached hydrogen (secondary N) is 1. The largest absolute Gasteiger partial charge is 0.497 e. The van der Waals surface area contributed by atoms with E-state index in [2.05, 4.69) is 5.32 Å². The van der Waals surface area contributed by atoms with Crippen LogP contribution in [-0.4, -0.2) is 24.7 Å². The van der Waals surface area contributed by atoms with Crippen molar-refractivity contribution in [2.24, 2.45) is 0 Å². The minimum Gasteiger partial charge on any atom is -0.497 e. The van der Waals surface area contributed by atoms with Crippen LogP contribution < -0.4 is 14.8 Å². The van der Waals surface area contributed by atoms with E-state index in [-0.39, 0.29) is 12.5 Å². The van der Waals surface area contributed by atoms with Gasteiger partial charge in [0.1, 0.15) is 18.0 Å². The molecule has 1 N–H and O–H groups in total. The van der Waals surface area contributed by atoms with Crippen molar-refractivity contribution in [2.75, 3.05) is 14.2 Å². The molecule has 0 atom stereocenters. The van der Waals surface area contributed by atoms with Gasteiger partial charge in [0.25, 0.3) is 0 Å². The van der Waals surface area contributed by atoms with Crippen molar-refractivity contribution >= 4 is 16.8 Å². The first kappa shape index (κ1) is 15.9. The maximum Gasteiger partial charge on any atom is 0.240 e. The summed E-state index contributed by atoms with van der Waals surface area (Å²) < 4.78 is 12.4. The van der Waals surface area contributed by atoms with Gasteiger partial charge in [0, 0.05) is 18.1 Å². The molecule has 1 amide bonds. The number of nitrogens with zero attached hydrogens (tertiary/aromatic N) is 1. The molecule has 1 aromatic heterocycles. The number of ether oxygens (including phenoxy) is 2. The second-order valence-corrected chi connectivity index (χ2v) is 5.47. The van der Waals surface area contributed by atoms with Gasteiger partial charge in [-0.3, -0.25) is 4.79 Å². The Morgan fingerprint density at radius 1 is 1.04 bits per heavy atom. The van der Waals surface area contributed by atoms with Crippen LogP contribution in [0.3, 0.4) is 0 Å². The number of hydrogen-bond acceptors (Lipinski definition) is 3. The Balaban J connectivity index is 1.66. The van der Waals surface area contributed by atoms with Crippen LogP contribution in [-0.2, 0) is 17.9 Å². The average Bonchev–Trinajstić information content (AvgIpc) is 3.03. The number of carbonyl (C=O) groups excluding carboxylic acids is 1. The van der Waals surface area contributed by atoms with Crippen LogP contribution >= 0.6 is 0 Å². The highest BCUT2D eigenvalue weighted by atomic mass is 16.5. The average molecular weight is 324 g/mol. The molecule has 0 saturated carbocycles. The van der Waals surface area contributed by atoms with Gasteiger partial charge < -0.3 is 19.4 Å². The fraction of sp³-hybridized carbons (Fsp3) is 0.211. The molecule has 24 heavy (non-hydrogen) atoms. The summed E-state index contributed by atoms with van der Waals surface area (Å²) in [4.78, 5) is 12.3. The van der Waals surface area contributed by atoms with Gasteiger partial charge in [-0.15, -0.1) is 0 Å². The first-order valence-corrected chi connectivity index (χ1v) is 7.72. The lowest BCUT2D eigenvalue weighted by Gasteiger charge is -2.10. The van der Waals surface area contributed by atoms with E-state index in [1.807, 2.05) is 59.3 Å². The van der Waals surface area contributed by atoms with Crippen molar-refractivity contribution < 1.29 is 14.3 Å². The van der Waals surface area contributed by atoms with Crippen LogP contribution in [0.25, 0.3) is 10.9 Å². The summed E-state index contributed by atoms with van der Waals surface area (Å²) in [5.41, 5.74) is 1.96. The molecule has 0 radical (unpaired) electrons. The van der Waals surface area contributed by atoms with Gasteiger partial charge in [0.2, 0.25) is 5.91 Å². The van der Waals surface area contributed by atoms with Crippen molar-refractivity contribution in [3.63, 3.8) is 0 Å². The highest BCUT2D eigenvalue weighted by Gasteiger charge is 2.10. The molecule has 124 valence electrons. The minimum absolute atomic E-state index is 0.0470. The first-order valence-electron chi connectivity index (χ1n) is 7.72. The lowest BCUT2D eigenvalue weighted by Crippen LogP contribution is -2.26. The zero-order chi connectivity index (χ0) is 16.9. The Morgan fingerprint density at radius 2 is 1.83 bits per heavy atom. The lowest BCUT2D eigenvalue weighted by atomic mass is 10.2. The molecule has 0 unspecified atom stereocenters. The van der Waals surface area contributed by atoms with E-state index < -0.39 is 0 Å². The second kappa shape index (κ2) is 7.08. The molecule has 5 heteroatoms. The maximum absolute atomic E-state index is 12.3. The van der Waals surface area contributed by atoms with Crippen LogP contribution in [0, 0.1) is 0 Å². The molecule has 0 aliphatic heterocycles. The first-order chi connectivity index (χ1) is 11.7. The molecule has 2 aromatic carbocycles. The predicted molar refractivity (Wildman–Crippen MR) is 93.3 cm³/mol. The quantitative estimate of drug-likeness (QED) is 0.758. The van der Waals surface area contributed by atoms with E-state index in [9.17, 15) is 4.79 Å². The van der Waals surface area contributed by atoms with Crippen molar-refractivity contribution in [3.05, 3.63) is 60.3 Å². The molecule has 3 aromatic rings. The maximum atomic E-state index is 12.3. The highest BCUT2D eigenvalue weighted by Crippen LogP contribution is 2.26. The number of aromatic nitrogens is 1. The third kappa shape index (κ3) is 3.35. The number of carbonyl (C=O) groups is 1. The summed E-state index contributed by atoms with van der Waals surface area (Å²) >= 11 is 0. The van der Waals surface area contributed by atoms with Crippen molar-refractivity contribution in [2.45, 2.75) is 13.1 Å². The Morgan fingerprint density at radius 3 is 2.54 bits per heavy atom. The Kier molecular flexibility index (Phi) is 4.70. The lowest BCUT2D eigenvalue weighted by molar-refractivity contribution is -0.121. The second-order valence-electron chi connectivity index (χ2n) is 5.47. The number of methoxy groups -OCH3 is 2. The van der Waals surface area contributed by atoms with Crippen molar-refractivity contribution in [3.8, 4) is 11.5 Å². The molecule has 0 saturated heterocycles. The van der Waals surface area contributed by atoms with Crippen LogP contribution in [0.2, 0.25) is 0 Å². The van der Waals surface area contributed by atoms with Crippen LogP contribution in [0.1, 0.15) is 5.56 Å². The molecular formula is C19H20N2O3. The molecule has 0 spiro atoms. The van der Waals surface area contributed by atoms with Crippen LogP contribution in [0.15, 0.2) is 54.7 Å². The van der Waals surface area contributed by atoms with Gasteiger partial charge in [0.15, 0.2) is 0 Å². The zero-order valence-corrected chi connectivity index (χ0v) is 13.8. The molecular weight excluding hydrogens is 304 g/mol. The SMILES string of the molecule is COc1ccc(CNC(=O)Cn2ccc3cccc(OC)c32)cc1. The van der Waals surface area contributed by atoms with E-state index in [1.165, 1.54) is 0 Å². The predicted octanol–water partition coefficient (Wildman–Crippen LogP) is 2.97. The summed E-state index contributed by atoms with van der Waals surface area (Å²) in [6.07, 6.45) is 1.90. The van der Waals surface area contributed by atoms with E-state index in [4.69, 9.17) is 9.47 Å². The summed E-state index contributed by atoms with van der Waals surface area (Å²) in [6.45, 7) is 0.735. The Labute approximate surface area is 140 Å². The number of rotatable bonds is 6. The zero-order valence-electron chi connectivity index (χ0n) is 13.8. The van der Waals surface area contributed by atoms with Crippen molar-refractivity contribution in [1.29, 1.82) is 0 Å². The topological polar surface area (TPSA) is 52.5 Å². The van der Waals surface area contributed by atoms with Gasteiger partial charge in [-0.2, -0.15) is 0 Å². The number of benzene rings is 2. The summed E-state index contributed by atoms with van der Waals surface area (Å²) in [5, 5.41) is 3.99. The molecule has 1 heterocycles. The fourth-order valence-corrected chi connectivity index (χ4v) is 2.68. The van der Waals surface area contributed by atoms with Crippen LogP contribution in [0.5, 0.6) is 11.5 Å². The normalized spacial score (nSPS) is 10.6. The van der Waals surface area contributed by atoms with Crippen LogP contribution in [0.4, 0.5) is 0 Å². The van der Waals surface area contributed by atoms with Gasteiger partial charge in [0.05, 0.1) is 19.7 Å². The Bertz CT molecular complexity index is 837. The molecule has 0 bridgehead atoms. The molecule has 5 nitrogen and oxygen atoms in total. The number of fused-ring (bicyclic) bond motifs is 1. The van der Waals surface area contributed by atoms with Crippen molar-refractivity contribution in [1.82, 2.24) is 9.88 Å². The van der Waals surface area contributed by atoms with E-state index >= 15 is 0 Å². The monoisotopic (exact) mass is 324 g/mol. The van der Waals surface area contributed by atoms with E-state index in [0.717, 1.165) is 28.0 Å². The highest BCUT2D eigenvalue weighted by molar-refractivity contribution is 5.87. The summed E-state index contributed by atoms with van der Waals surface area (Å²) in [7, 11) is 3.27. The third-order valence-electron chi connectivity index (χ3n) is 3.93. The molecule has 3 rings (SSSR count).